The van der Waals surface area contributed by atoms with Crippen LogP contribution in [0.4, 0.5) is 22.0 Å². The highest BCUT2D eigenvalue weighted by Crippen LogP contribution is 2.31. The highest BCUT2D eigenvalue weighted by Gasteiger charge is 2.30. The Morgan fingerprint density at radius 1 is 0.875 bits per heavy atom. The van der Waals surface area contributed by atoms with Crippen LogP contribution in [0.3, 0.4) is 0 Å². The average molecular weight is 667 g/mol. The fraction of sp³-hybridized carbons (Fsp3) is 0.378. The molecule has 0 saturated heterocycles. The lowest BCUT2D eigenvalue weighted by atomic mass is 10.0. The van der Waals surface area contributed by atoms with Gasteiger partial charge in [0, 0.05) is 37.3 Å². The molecule has 6 nitrogen and oxygen atoms in total. The highest BCUT2D eigenvalue weighted by molar-refractivity contribution is 5.76. The molecular formula is C37H39F5N4O2. The van der Waals surface area contributed by atoms with Crippen molar-refractivity contribution in [2.24, 2.45) is 0 Å². The molecule has 0 N–H and O–H groups in total. The van der Waals surface area contributed by atoms with Gasteiger partial charge in [-0.25, -0.2) is 8.78 Å². The zero-order valence-electron chi connectivity index (χ0n) is 27.1. The third-order valence-corrected chi connectivity index (χ3v) is 9.06. The normalized spacial score (nSPS) is 12.8. The molecule has 0 fully saturated rings. The molecule has 0 atom stereocenters. The second-order valence-corrected chi connectivity index (χ2v) is 12.0. The van der Waals surface area contributed by atoms with Gasteiger partial charge in [-0.3, -0.25) is 9.59 Å². The van der Waals surface area contributed by atoms with Crippen molar-refractivity contribution in [2.75, 3.05) is 26.2 Å². The van der Waals surface area contributed by atoms with E-state index in [0.717, 1.165) is 54.5 Å². The number of hydrogen-bond acceptors (Lipinski definition) is 4. The number of aryl methyl sites for hydroxylation is 2. The molecule has 0 spiro atoms. The van der Waals surface area contributed by atoms with Crippen molar-refractivity contribution in [3.8, 4) is 11.1 Å². The smallest absolute Gasteiger partial charge is 0.336 e. The molecule has 1 aromatic heterocycles. The number of rotatable bonds is 13. The van der Waals surface area contributed by atoms with Gasteiger partial charge in [0.05, 0.1) is 5.56 Å². The molecule has 1 amide bonds. The Hall–Kier alpha value is -4.38. The average Bonchev–Trinajstić information content (AvgIpc) is 3.58. The van der Waals surface area contributed by atoms with Gasteiger partial charge in [0.25, 0.3) is 5.56 Å². The van der Waals surface area contributed by atoms with Crippen LogP contribution in [0, 0.1) is 11.6 Å². The summed E-state index contributed by atoms with van der Waals surface area (Å²) in [7, 11) is 0. The standard InChI is InChI=1S/C37H39F5N4O2/c1-3-44(4-2)21-22-45(23-25-11-13-26(14-12-25)27-15-18-29(19-16-27)37(40,41)42)34(47)24-46-32-10-6-8-30(32)36(48)43-33(46)20-17-28-7-5-9-31(38)35(28)39/h5,7,9,11-16,18-19H,3-4,6,8,10,17,20-24H2,1-2H3. The summed E-state index contributed by atoms with van der Waals surface area (Å²) in [6.45, 7) is 7.08. The number of benzene rings is 3. The lowest BCUT2D eigenvalue weighted by Gasteiger charge is -2.28. The maximum absolute atomic E-state index is 14.4. The second kappa shape index (κ2) is 15.2. The number of fused-ring (bicyclic) bond motifs is 1. The summed E-state index contributed by atoms with van der Waals surface area (Å²) < 4.78 is 69.2. The van der Waals surface area contributed by atoms with Gasteiger partial charge in [-0.05, 0) is 79.2 Å². The van der Waals surface area contributed by atoms with Gasteiger partial charge in [0.1, 0.15) is 12.4 Å². The van der Waals surface area contributed by atoms with Gasteiger partial charge in [-0.2, -0.15) is 18.2 Å². The number of aromatic nitrogens is 2. The second-order valence-electron chi connectivity index (χ2n) is 12.0. The molecule has 11 heteroatoms. The summed E-state index contributed by atoms with van der Waals surface area (Å²) in [6, 6.07) is 16.4. The lowest BCUT2D eigenvalue weighted by molar-refractivity contribution is -0.137. The summed E-state index contributed by atoms with van der Waals surface area (Å²) in [6.07, 6.45) is -2.19. The van der Waals surface area contributed by atoms with E-state index in [1.54, 1.807) is 9.47 Å². The molecule has 1 heterocycles. The van der Waals surface area contributed by atoms with Gasteiger partial charge >= 0.3 is 6.18 Å². The maximum atomic E-state index is 14.4. The van der Waals surface area contributed by atoms with Crippen LogP contribution in [0.25, 0.3) is 11.1 Å². The van der Waals surface area contributed by atoms with Crippen molar-refractivity contribution < 1.29 is 26.7 Å². The molecule has 0 bridgehead atoms. The number of nitrogens with zero attached hydrogens (tertiary/aromatic N) is 4. The number of carbonyl (C=O) groups excluding carboxylic acids is 1. The van der Waals surface area contributed by atoms with Crippen molar-refractivity contribution in [1.29, 1.82) is 0 Å². The Kier molecular flexibility index (Phi) is 11.1. The minimum absolute atomic E-state index is 0.0571. The van der Waals surface area contributed by atoms with E-state index >= 15 is 0 Å². The van der Waals surface area contributed by atoms with Crippen LogP contribution in [0.1, 0.15) is 54.0 Å². The number of likely N-dealkylation sites (N-methyl/N-ethyl adjacent to an activating group) is 1. The Bertz CT molecular complexity index is 1780. The molecule has 5 rings (SSSR count). The molecule has 0 saturated carbocycles. The van der Waals surface area contributed by atoms with E-state index in [9.17, 15) is 31.5 Å². The summed E-state index contributed by atoms with van der Waals surface area (Å²) in [4.78, 5) is 35.3. The Labute approximate surface area is 276 Å². The van der Waals surface area contributed by atoms with Gasteiger partial charge in [0.15, 0.2) is 11.6 Å². The molecule has 0 radical (unpaired) electrons. The Morgan fingerprint density at radius 3 is 2.19 bits per heavy atom. The van der Waals surface area contributed by atoms with Gasteiger partial charge in [0.2, 0.25) is 5.91 Å². The fourth-order valence-electron chi connectivity index (χ4n) is 6.23. The Morgan fingerprint density at radius 2 is 1.54 bits per heavy atom. The highest BCUT2D eigenvalue weighted by atomic mass is 19.4. The van der Waals surface area contributed by atoms with Gasteiger partial charge in [-0.1, -0.05) is 62.4 Å². The van der Waals surface area contributed by atoms with E-state index in [-0.39, 0.29) is 36.4 Å². The summed E-state index contributed by atoms with van der Waals surface area (Å²) in [5, 5.41) is 0. The topological polar surface area (TPSA) is 58.4 Å². The monoisotopic (exact) mass is 666 g/mol. The van der Waals surface area contributed by atoms with Crippen molar-refractivity contribution in [3.05, 3.63) is 122 Å². The fourth-order valence-corrected chi connectivity index (χ4v) is 6.23. The SMILES string of the molecule is CCN(CC)CCN(Cc1ccc(-c2ccc(C(F)(F)F)cc2)cc1)C(=O)Cn1c(CCc2cccc(F)c2F)nc(=O)c2c1CCC2. The van der Waals surface area contributed by atoms with E-state index in [1.165, 1.54) is 24.3 Å². The first-order valence-electron chi connectivity index (χ1n) is 16.3. The summed E-state index contributed by atoms with van der Waals surface area (Å²) >= 11 is 0. The molecule has 0 unspecified atom stereocenters. The number of carbonyl (C=O) groups is 1. The van der Waals surface area contributed by atoms with Gasteiger partial charge in [-0.15, -0.1) is 0 Å². The van der Waals surface area contributed by atoms with Crippen LogP contribution in [-0.2, 0) is 49.7 Å². The van der Waals surface area contributed by atoms with Crippen LogP contribution < -0.4 is 5.56 Å². The van der Waals surface area contributed by atoms with E-state index in [2.05, 4.69) is 23.7 Å². The van der Waals surface area contributed by atoms with E-state index < -0.39 is 23.4 Å². The maximum Gasteiger partial charge on any atom is 0.416 e. The zero-order valence-corrected chi connectivity index (χ0v) is 27.1. The molecule has 3 aromatic carbocycles. The van der Waals surface area contributed by atoms with Crippen molar-refractivity contribution >= 4 is 5.91 Å². The van der Waals surface area contributed by atoms with E-state index in [1.807, 2.05) is 24.3 Å². The molecule has 4 aromatic rings. The number of alkyl halides is 3. The zero-order chi connectivity index (χ0) is 34.4. The molecule has 1 aliphatic carbocycles. The Balaban J connectivity index is 1.39. The van der Waals surface area contributed by atoms with Crippen LogP contribution in [0.15, 0.2) is 71.5 Å². The summed E-state index contributed by atoms with van der Waals surface area (Å²) in [5.41, 5.74) is 2.73. The molecule has 1 aliphatic rings. The van der Waals surface area contributed by atoms with Crippen molar-refractivity contribution in [3.63, 3.8) is 0 Å². The van der Waals surface area contributed by atoms with Crippen molar-refractivity contribution in [1.82, 2.24) is 19.4 Å². The number of hydrogen-bond donors (Lipinski definition) is 0. The largest absolute Gasteiger partial charge is 0.416 e. The molecule has 0 aliphatic heterocycles. The lowest BCUT2D eigenvalue weighted by Crippen LogP contribution is -2.40. The van der Waals surface area contributed by atoms with Crippen LogP contribution in [0.5, 0.6) is 0 Å². The van der Waals surface area contributed by atoms with E-state index in [0.29, 0.717) is 49.4 Å². The first-order chi connectivity index (χ1) is 23.0. The van der Waals surface area contributed by atoms with Crippen LogP contribution in [-0.4, -0.2) is 51.4 Å². The molecule has 254 valence electrons. The first kappa shape index (κ1) is 34.9. The molecular weight excluding hydrogens is 627 g/mol. The number of amides is 1. The third-order valence-electron chi connectivity index (χ3n) is 9.06. The predicted molar refractivity (Wildman–Crippen MR) is 174 cm³/mol. The predicted octanol–water partition coefficient (Wildman–Crippen LogP) is 6.85. The van der Waals surface area contributed by atoms with Crippen LogP contribution >= 0.6 is 0 Å². The first-order valence-corrected chi connectivity index (χ1v) is 16.3. The quantitative estimate of drug-likeness (QED) is 0.147. The third kappa shape index (κ3) is 8.18. The van der Waals surface area contributed by atoms with Gasteiger partial charge < -0.3 is 14.4 Å². The summed E-state index contributed by atoms with van der Waals surface area (Å²) in [5.74, 6) is -1.69. The van der Waals surface area contributed by atoms with Crippen LogP contribution in [0.2, 0.25) is 0 Å². The van der Waals surface area contributed by atoms with E-state index in [4.69, 9.17) is 0 Å². The minimum atomic E-state index is -4.41. The van der Waals surface area contributed by atoms with Crippen molar-refractivity contribution in [2.45, 2.75) is 65.2 Å². The minimum Gasteiger partial charge on any atom is -0.336 e. The number of halogens is 5. The molecule has 48 heavy (non-hydrogen) atoms.